The first-order valence-corrected chi connectivity index (χ1v) is 4.62. The van der Waals surface area contributed by atoms with E-state index in [4.69, 9.17) is 0 Å². The molecule has 58 valence electrons. The first-order chi connectivity index (χ1) is 4.87. The SMILES string of the molecule is CC[C@]12CCCC[C@@H]1CN2. The van der Waals surface area contributed by atoms with Gasteiger partial charge in [-0.25, -0.2) is 0 Å². The first kappa shape index (κ1) is 6.66. The van der Waals surface area contributed by atoms with Crippen LogP contribution in [-0.2, 0) is 0 Å². The van der Waals surface area contributed by atoms with E-state index >= 15 is 0 Å². The van der Waals surface area contributed by atoms with E-state index in [1.807, 2.05) is 0 Å². The molecule has 1 saturated heterocycles. The average molecular weight is 139 g/mol. The van der Waals surface area contributed by atoms with Crippen LogP contribution in [0.3, 0.4) is 0 Å². The molecule has 0 spiro atoms. The van der Waals surface area contributed by atoms with E-state index in [0.29, 0.717) is 5.54 Å². The van der Waals surface area contributed by atoms with Gasteiger partial charge in [-0.2, -0.15) is 0 Å². The lowest BCUT2D eigenvalue weighted by Gasteiger charge is -2.53. The van der Waals surface area contributed by atoms with Crippen LogP contribution in [0.25, 0.3) is 0 Å². The predicted molar refractivity (Wildman–Crippen MR) is 43.0 cm³/mol. The van der Waals surface area contributed by atoms with Gasteiger partial charge >= 0.3 is 0 Å². The number of hydrogen-bond donors (Lipinski definition) is 1. The van der Waals surface area contributed by atoms with Gasteiger partial charge in [-0.1, -0.05) is 19.8 Å². The van der Waals surface area contributed by atoms with Crippen molar-refractivity contribution >= 4 is 0 Å². The maximum Gasteiger partial charge on any atom is 0.0219 e. The Hall–Kier alpha value is -0.0400. The Bertz CT molecular complexity index is 129. The number of fused-ring (bicyclic) bond motifs is 1. The van der Waals surface area contributed by atoms with Crippen molar-refractivity contribution in [1.29, 1.82) is 0 Å². The lowest BCUT2D eigenvalue weighted by atomic mass is 9.66. The van der Waals surface area contributed by atoms with Gasteiger partial charge < -0.3 is 5.32 Å². The summed E-state index contributed by atoms with van der Waals surface area (Å²) < 4.78 is 0. The van der Waals surface area contributed by atoms with Gasteiger partial charge in [-0.3, -0.25) is 0 Å². The molecule has 0 radical (unpaired) electrons. The van der Waals surface area contributed by atoms with Crippen LogP contribution in [0, 0.1) is 5.92 Å². The molecule has 10 heavy (non-hydrogen) atoms. The molecule has 2 fully saturated rings. The van der Waals surface area contributed by atoms with E-state index in [0.717, 1.165) is 5.92 Å². The third-order valence-corrected chi connectivity index (χ3v) is 3.54. The fraction of sp³-hybridized carbons (Fsp3) is 1.00. The lowest BCUT2D eigenvalue weighted by molar-refractivity contribution is 0.0473. The summed E-state index contributed by atoms with van der Waals surface area (Å²) in [7, 11) is 0. The van der Waals surface area contributed by atoms with Crippen molar-refractivity contribution in [3.8, 4) is 0 Å². The van der Waals surface area contributed by atoms with Crippen molar-refractivity contribution in [3.63, 3.8) is 0 Å². The van der Waals surface area contributed by atoms with Crippen LogP contribution < -0.4 is 5.32 Å². The Labute approximate surface area is 63.2 Å². The van der Waals surface area contributed by atoms with Crippen LogP contribution in [0.4, 0.5) is 0 Å². The summed E-state index contributed by atoms with van der Waals surface area (Å²) in [5.41, 5.74) is 0.609. The molecule has 2 aliphatic rings. The molecule has 2 atom stereocenters. The highest BCUT2D eigenvalue weighted by Crippen LogP contribution is 2.41. The molecule has 0 aromatic carbocycles. The quantitative estimate of drug-likeness (QED) is 0.585. The monoisotopic (exact) mass is 139 g/mol. The summed E-state index contributed by atoms with van der Waals surface area (Å²) in [5.74, 6) is 1.03. The Morgan fingerprint density at radius 2 is 2.40 bits per heavy atom. The maximum atomic E-state index is 3.61. The summed E-state index contributed by atoms with van der Waals surface area (Å²) in [6.45, 7) is 3.62. The molecule has 0 aromatic rings. The summed E-state index contributed by atoms with van der Waals surface area (Å²) in [6.07, 6.45) is 7.21. The van der Waals surface area contributed by atoms with Crippen LogP contribution in [0.1, 0.15) is 39.0 Å². The standard InChI is InChI=1S/C9H17N/c1-2-9-6-4-3-5-8(9)7-10-9/h8,10H,2-7H2,1H3/t8-,9+/m1/s1. The van der Waals surface area contributed by atoms with E-state index in [2.05, 4.69) is 12.2 Å². The van der Waals surface area contributed by atoms with Crippen LogP contribution in [0.5, 0.6) is 0 Å². The molecule has 1 nitrogen and oxygen atoms in total. The molecular formula is C9H17N. The summed E-state index contributed by atoms with van der Waals surface area (Å²) in [5, 5.41) is 3.61. The average Bonchev–Trinajstić information content (AvgIpc) is 1.93. The van der Waals surface area contributed by atoms with Crippen molar-refractivity contribution in [2.24, 2.45) is 5.92 Å². The van der Waals surface area contributed by atoms with Crippen LogP contribution in [-0.4, -0.2) is 12.1 Å². The molecule has 0 unspecified atom stereocenters. The van der Waals surface area contributed by atoms with Crippen LogP contribution in [0.2, 0.25) is 0 Å². The minimum absolute atomic E-state index is 0.609. The van der Waals surface area contributed by atoms with E-state index in [9.17, 15) is 0 Å². The van der Waals surface area contributed by atoms with E-state index in [1.165, 1.54) is 38.6 Å². The van der Waals surface area contributed by atoms with Gasteiger partial charge in [0.05, 0.1) is 0 Å². The van der Waals surface area contributed by atoms with E-state index in [-0.39, 0.29) is 0 Å². The molecule has 0 bridgehead atoms. The van der Waals surface area contributed by atoms with E-state index in [1.54, 1.807) is 0 Å². The summed E-state index contributed by atoms with van der Waals surface area (Å²) in [4.78, 5) is 0. The van der Waals surface area contributed by atoms with Gasteiger partial charge in [-0.15, -0.1) is 0 Å². The number of hydrogen-bond acceptors (Lipinski definition) is 1. The van der Waals surface area contributed by atoms with Crippen molar-refractivity contribution < 1.29 is 0 Å². The molecule has 0 aromatic heterocycles. The number of rotatable bonds is 1. The van der Waals surface area contributed by atoms with Gasteiger partial charge in [0.1, 0.15) is 0 Å². The second kappa shape index (κ2) is 2.23. The zero-order chi connectivity index (χ0) is 7.03. The largest absolute Gasteiger partial charge is 0.311 e. The maximum absolute atomic E-state index is 3.61. The molecule has 1 aliphatic heterocycles. The Balaban J connectivity index is 2.04. The molecule has 1 N–H and O–H groups in total. The third-order valence-electron chi connectivity index (χ3n) is 3.54. The molecule has 0 amide bonds. The first-order valence-electron chi connectivity index (χ1n) is 4.62. The minimum Gasteiger partial charge on any atom is -0.311 e. The van der Waals surface area contributed by atoms with Crippen molar-refractivity contribution in [3.05, 3.63) is 0 Å². The molecule has 2 rings (SSSR count). The molecule has 1 aliphatic carbocycles. The fourth-order valence-electron chi connectivity index (χ4n) is 2.63. The Kier molecular flexibility index (Phi) is 1.48. The number of nitrogens with one attached hydrogen (secondary N) is 1. The third kappa shape index (κ3) is 0.731. The second-order valence-electron chi connectivity index (χ2n) is 3.83. The topological polar surface area (TPSA) is 12.0 Å². The van der Waals surface area contributed by atoms with Crippen LogP contribution in [0.15, 0.2) is 0 Å². The predicted octanol–water partition coefficient (Wildman–Crippen LogP) is 1.93. The molecule has 1 heteroatoms. The van der Waals surface area contributed by atoms with Crippen molar-refractivity contribution in [2.75, 3.05) is 6.54 Å². The molecule has 1 saturated carbocycles. The highest BCUT2D eigenvalue weighted by molar-refractivity contribution is 5.04. The summed E-state index contributed by atoms with van der Waals surface area (Å²) >= 11 is 0. The molecule has 1 heterocycles. The van der Waals surface area contributed by atoms with Gasteiger partial charge in [-0.05, 0) is 25.2 Å². The van der Waals surface area contributed by atoms with Gasteiger partial charge in [0.15, 0.2) is 0 Å². The lowest BCUT2D eigenvalue weighted by Crippen LogP contribution is -2.65. The fourth-order valence-corrected chi connectivity index (χ4v) is 2.63. The van der Waals surface area contributed by atoms with E-state index < -0.39 is 0 Å². The van der Waals surface area contributed by atoms with Gasteiger partial charge in [0.2, 0.25) is 0 Å². The normalized spacial score (nSPS) is 45.9. The molecular weight excluding hydrogens is 122 g/mol. The van der Waals surface area contributed by atoms with Crippen molar-refractivity contribution in [1.82, 2.24) is 5.32 Å². The van der Waals surface area contributed by atoms with Crippen molar-refractivity contribution in [2.45, 2.75) is 44.6 Å². The Morgan fingerprint density at radius 3 is 2.80 bits per heavy atom. The zero-order valence-electron chi connectivity index (χ0n) is 6.82. The summed E-state index contributed by atoms with van der Waals surface area (Å²) in [6, 6.07) is 0. The van der Waals surface area contributed by atoms with Crippen LogP contribution >= 0.6 is 0 Å². The van der Waals surface area contributed by atoms with Gasteiger partial charge in [0.25, 0.3) is 0 Å². The van der Waals surface area contributed by atoms with Gasteiger partial charge in [0, 0.05) is 12.1 Å². The second-order valence-corrected chi connectivity index (χ2v) is 3.83. The highest BCUT2D eigenvalue weighted by atomic mass is 15.1. The smallest absolute Gasteiger partial charge is 0.0219 e. The Morgan fingerprint density at radius 1 is 1.50 bits per heavy atom. The minimum atomic E-state index is 0.609. The highest BCUT2D eigenvalue weighted by Gasteiger charge is 2.45. The zero-order valence-corrected chi connectivity index (χ0v) is 6.82.